The second-order valence-corrected chi connectivity index (χ2v) is 8.48. The van der Waals surface area contributed by atoms with Gasteiger partial charge in [0.15, 0.2) is 0 Å². The standard InChI is InChI=1S/C19H18BrN5O2S/c1-13-12-14(2)22-18(21-13)24-19(23-16-6-4-3-5-7-16)25-28(26,27)17-10-8-15(20)9-11-17/h3-12H,1-2H3,(H2,21,22,23,24,25). The van der Waals surface area contributed by atoms with Gasteiger partial charge in [0.1, 0.15) is 0 Å². The molecule has 144 valence electrons. The van der Waals surface area contributed by atoms with Crippen molar-refractivity contribution in [2.45, 2.75) is 18.7 Å². The van der Waals surface area contributed by atoms with Crippen molar-refractivity contribution in [1.29, 1.82) is 0 Å². The molecule has 3 rings (SSSR count). The minimum atomic E-state index is -3.95. The van der Waals surface area contributed by atoms with Crippen LogP contribution in [0, 0.1) is 13.8 Å². The van der Waals surface area contributed by atoms with E-state index in [9.17, 15) is 8.42 Å². The lowest BCUT2D eigenvalue weighted by Crippen LogP contribution is -2.25. The van der Waals surface area contributed by atoms with Gasteiger partial charge in [-0.2, -0.15) is 8.42 Å². The van der Waals surface area contributed by atoms with Crippen LogP contribution in [0.1, 0.15) is 11.4 Å². The molecule has 0 atom stereocenters. The number of benzene rings is 2. The van der Waals surface area contributed by atoms with E-state index in [0.29, 0.717) is 5.69 Å². The summed E-state index contributed by atoms with van der Waals surface area (Å²) in [6.07, 6.45) is 0. The Hall–Kier alpha value is -2.78. The van der Waals surface area contributed by atoms with E-state index < -0.39 is 10.0 Å². The molecule has 0 unspecified atom stereocenters. The SMILES string of the molecule is Cc1cc(C)nc(N/C(=N\S(=O)(=O)c2ccc(Br)cc2)Nc2ccccc2)n1. The summed E-state index contributed by atoms with van der Waals surface area (Å²) < 4.78 is 30.2. The molecule has 0 spiro atoms. The first-order chi connectivity index (χ1) is 13.3. The maximum absolute atomic E-state index is 12.7. The van der Waals surface area contributed by atoms with E-state index in [-0.39, 0.29) is 16.8 Å². The Morgan fingerprint density at radius 3 is 2.14 bits per heavy atom. The Morgan fingerprint density at radius 2 is 1.54 bits per heavy atom. The van der Waals surface area contributed by atoms with Gasteiger partial charge in [-0.1, -0.05) is 34.1 Å². The van der Waals surface area contributed by atoms with E-state index in [0.717, 1.165) is 15.9 Å². The molecule has 0 aliphatic rings. The number of nitrogens with one attached hydrogen (secondary N) is 2. The van der Waals surface area contributed by atoms with Gasteiger partial charge in [0.25, 0.3) is 10.0 Å². The lowest BCUT2D eigenvalue weighted by molar-refractivity contribution is 0.598. The molecule has 2 N–H and O–H groups in total. The fourth-order valence-electron chi connectivity index (χ4n) is 2.40. The number of aromatic nitrogens is 2. The highest BCUT2D eigenvalue weighted by Crippen LogP contribution is 2.17. The molecule has 2 aromatic carbocycles. The first kappa shape index (κ1) is 20.0. The van der Waals surface area contributed by atoms with Crippen molar-refractivity contribution in [3.05, 3.63) is 76.5 Å². The van der Waals surface area contributed by atoms with Crippen molar-refractivity contribution in [3.8, 4) is 0 Å². The molecular weight excluding hydrogens is 442 g/mol. The molecule has 0 aliphatic heterocycles. The van der Waals surface area contributed by atoms with Crippen molar-refractivity contribution >= 4 is 43.5 Å². The highest BCUT2D eigenvalue weighted by molar-refractivity contribution is 9.10. The molecule has 0 saturated heterocycles. The van der Waals surface area contributed by atoms with Gasteiger partial charge in [-0.05, 0) is 56.3 Å². The highest BCUT2D eigenvalue weighted by atomic mass is 79.9. The summed E-state index contributed by atoms with van der Waals surface area (Å²) in [7, 11) is -3.95. The molecule has 0 bridgehead atoms. The van der Waals surface area contributed by atoms with Crippen LogP contribution in [0.4, 0.5) is 11.6 Å². The van der Waals surface area contributed by atoms with Crippen LogP contribution in [0.2, 0.25) is 0 Å². The second-order valence-electron chi connectivity index (χ2n) is 5.96. The minimum Gasteiger partial charge on any atom is -0.325 e. The van der Waals surface area contributed by atoms with Crippen LogP contribution in [0.15, 0.2) is 74.4 Å². The van der Waals surface area contributed by atoms with Crippen molar-refractivity contribution in [2.24, 2.45) is 4.40 Å². The third kappa shape index (κ3) is 5.37. The molecule has 3 aromatic rings. The number of rotatable bonds is 4. The van der Waals surface area contributed by atoms with Gasteiger partial charge in [0.05, 0.1) is 4.90 Å². The smallest absolute Gasteiger partial charge is 0.285 e. The maximum atomic E-state index is 12.7. The molecule has 7 nitrogen and oxygen atoms in total. The molecule has 0 aliphatic carbocycles. The second kappa shape index (κ2) is 8.49. The summed E-state index contributed by atoms with van der Waals surface area (Å²) in [6, 6.07) is 17.2. The van der Waals surface area contributed by atoms with E-state index in [1.54, 1.807) is 24.3 Å². The Kier molecular flexibility index (Phi) is 6.05. The molecular formula is C19H18BrN5O2S. The van der Waals surface area contributed by atoms with E-state index in [2.05, 4.69) is 40.9 Å². The number of para-hydroxylation sites is 1. The Bertz CT molecular complexity index is 1080. The summed E-state index contributed by atoms with van der Waals surface area (Å²) in [4.78, 5) is 8.65. The molecule has 1 aromatic heterocycles. The number of nitrogens with zero attached hydrogens (tertiary/aromatic N) is 3. The average molecular weight is 460 g/mol. The van der Waals surface area contributed by atoms with Crippen molar-refractivity contribution in [3.63, 3.8) is 0 Å². The third-order valence-corrected chi connectivity index (χ3v) is 5.39. The average Bonchev–Trinajstić information content (AvgIpc) is 2.61. The molecule has 0 saturated carbocycles. The summed E-state index contributed by atoms with van der Waals surface area (Å²) in [5.41, 5.74) is 2.18. The predicted molar refractivity (Wildman–Crippen MR) is 114 cm³/mol. The van der Waals surface area contributed by atoms with Gasteiger partial charge in [-0.3, -0.25) is 5.32 Å². The van der Waals surface area contributed by atoms with Crippen molar-refractivity contribution in [1.82, 2.24) is 9.97 Å². The molecule has 28 heavy (non-hydrogen) atoms. The molecule has 0 amide bonds. The van der Waals surface area contributed by atoms with Gasteiger partial charge in [0.2, 0.25) is 11.9 Å². The monoisotopic (exact) mass is 459 g/mol. The zero-order valence-electron chi connectivity index (χ0n) is 15.2. The quantitative estimate of drug-likeness (QED) is 0.449. The number of hydrogen-bond donors (Lipinski definition) is 2. The van der Waals surface area contributed by atoms with Crippen LogP contribution in [-0.2, 0) is 10.0 Å². The van der Waals surface area contributed by atoms with Crippen LogP contribution < -0.4 is 10.6 Å². The number of halogens is 1. The van der Waals surface area contributed by atoms with Crippen LogP contribution >= 0.6 is 15.9 Å². The first-order valence-electron chi connectivity index (χ1n) is 8.34. The lowest BCUT2D eigenvalue weighted by Gasteiger charge is -2.12. The normalized spacial score (nSPS) is 11.9. The predicted octanol–water partition coefficient (Wildman–Crippen LogP) is 4.12. The van der Waals surface area contributed by atoms with Gasteiger partial charge in [-0.15, -0.1) is 4.40 Å². The largest absolute Gasteiger partial charge is 0.325 e. The van der Waals surface area contributed by atoms with Crippen LogP contribution in [0.25, 0.3) is 0 Å². The third-order valence-electron chi connectivity index (χ3n) is 3.57. The maximum Gasteiger partial charge on any atom is 0.285 e. The van der Waals surface area contributed by atoms with Crippen molar-refractivity contribution < 1.29 is 8.42 Å². The zero-order valence-corrected chi connectivity index (χ0v) is 17.6. The topological polar surface area (TPSA) is 96.3 Å². The number of anilines is 2. The fourth-order valence-corrected chi connectivity index (χ4v) is 3.58. The number of guanidine groups is 1. The summed E-state index contributed by atoms with van der Waals surface area (Å²) in [5.74, 6) is 0.254. The van der Waals surface area contributed by atoms with E-state index in [1.807, 2.05) is 38.1 Å². The first-order valence-corrected chi connectivity index (χ1v) is 10.6. The van der Waals surface area contributed by atoms with Crippen LogP contribution in [0.3, 0.4) is 0 Å². The van der Waals surface area contributed by atoms with Gasteiger partial charge >= 0.3 is 0 Å². The Labute approximate surface area is 172 Å². The van der Waals surface area contributed by atoms with E-state index in [1.165, 1.54) is 12.1 Å². The summed E-state index contributed by atoms with van der Waals surface area (Å²) >= 11 is 3.29. The van der Waals surface area contributed by atoms with E-state index >= 15 is 0 Å². The summed E-state index contributed by atoms with van der Waals surface area (Å²) in [5, 5.41) is 5.85. The summed E-state index contributed by atoms with van der Waals surface area (Å²) in [6.45, 7) is 3.67. The number of aryl methyl sites for hydroxylation is 2. The lowest BCUT2D eigenvalue weighted by atomic mass is 10.3. The molecule has 0 fully saturated rings. The Balaban J connectivity index is 1.99. The van der Waals surface area contributed by atoms with Crippen LogP contribution in [-0.4, -0.2) is 24.3 Å². The number of sulfonamides is 1. The van der Waals surface area contributed by atoms with E-state index in [4.69, 9.17) is 0 Å². The minimum absolute atomic E-state index is 0.000816. The van der Waals surface area contributed by atoms with Gasteiger partial charge in [0, 0.05) is 21.5 Å². The van der Waals surface area contributed by atoms with Crippen LogP contribution in [0.5, 0.6) is 0 Å². The molecule has 1 heterocycles. The highest BCUT2D eigenvalue weighted by Gasteiger charge is 2.16. The zero-order chi connectivity index (χ0) is 20.1. The van der Waals surface area contributed by atoms with Gasteiger partial charge in [-0.25, -0.2) is 9.97 Å². The van der Waals surface area contributed by atoms with Gasteiger partial charge < -0.3 is 5.32 Å². The molecule has 9 heteroatoms. The number of hydrogen-bond acceptors (Lipinski definition) is 4. The molecule has 0 radical (unpaired) electrons. The van der Waals surface area contributed by atoms with Crippen molar-refractivity contribution in [2.75, 3.05) is 10.6 Å². The fraction of sp³-hybridized carbons (Fsp3) is 0.105. The Morgan fingerprint density at radius 1 is 0.929 bits per heavy atom.